The zero-order chi connectivity index (χ0) is 28.9. The first-order valence-electron chi connectivity index (χ1n) is 13.6. The highest BCUT2D eigenvalue weighted by Gasteiger charge is 2.37. The maximum Gasteiger partial charge on any atom is 0.337 e. The van der Waals surface area contributed by atoms with Gasteiger partial charge < -0.3 is 19.5 Å². The molecule has 8 heteroatoms. The van der Waals surface area contributed by atoms with Gasteiger partial charge in [-0.05, 0) is 113 Å². The number of aromatic nitrogens is 1. The number of aryl methyl sites for hydroxylation is 2. The number of hydrogen-bond donors (Lipinski definition) is 1. The van der Waals surface area contributed by atoms with Gasteiger partial charge in [-0.15, -0.1) is 0 Å². The molecule has 0 spiro atoms. The summed E-state index contributed by atoms with van der Waals surface area (Å²) in [6.45, 7) is 11.8. The molecule has 2 aliphatic heterocycles. The van der Waals surface area contributed by atoms with Gasteiger partial charge in [-0.3, -0.25) is 9.78 Å². The second-order valence-electron chi connectivity index (χ2n) is 11.6. The van der Waals surface area contributed by atoms with Crippen molar-refractivity contribution >= 4 is 17.6 Å². The predicted molar refractivity (Wildman–Crippen MR) is 151 cm³/mol. The Kier molecular flexibility index (Phi) is 7.17. The minimum atomic E-state index is -1.29. The van der Waals surface area contributed by atoms with Crippen LogP contribution in [0.2, 0.25) is 0 Å². The molecule has 5 rings (SSSR count). The molecule has 0 fully saturated rings. The third-order valence-electron chi connectivity index (χ3n) is 7.68. The smallest absolute Gasteiger partial charge is 0.337 e. The molecule has 1 unspecified atom stereocenters. The molecule has 2 aliphatic rings. The highest BCUT2D eigenvalue weighted by atomic mass is 19.1. The van der Waals surface area contributed by atoms with E-state index in [2.05, 4.69) is 4.98 Å². The SMILES string of the molecule is Cc1cc2c(c(-c3cc(F)c4c(c3C)CCCO4)c1C(OC(C)(C)C)C(=O)O)CCN2C(=O)c1cccnc1C. The summed E-state index contributed by atoms with van der Waals surface area (Å²) in [4.78, 5) is 32.4. The standard InChI is InChI=1S/C32H35FN2O5/c1-17-15-25-22(11-13-35(25)30(36)21-9-7-12-34-19(21)3)27(26(17)29(31(37)38)40-32(4,5)6)23-16-24(33)28-20(18(23)2)10-8-14-39-28/h7,9,12,15-16,29H,8,10-11,13-14H2,1-6H3,(H,37,38). The molecule has 3 heterocycles. The Labute approximate surface area is 233 Å². The van der Waals surface area contributed by atoms with Crippen LogP contribution in [0.3, 0.4) is 0 Å². The van der Waals surface area contributed by atoms with E-state index in [1.165, 1.54) is 6.07 Å². The number of rotatable bonds is 5. The van der Waals surface area contributed by atoms with Crippen LogP contribution < -0.4 is 9.64 Å². The lowest BCUT2D eigenvalue weighted by molar-refractivity contribution is -0.160. The van der Waals surface area contributed by atoms with Gasteiger partial charge in [0.25, 0.3) is 5.91 Å². The lowest BCUT2D eigenvalue weighted by Gasteiger charge is -2.30. The molecule has 40 heavy (non-hydrogen) atoms. The monoisotopic (exact) mass is 546 g/mol. The lowest BCUT2D eigenvalue weighted by atomic mass is 9.83. The fourth-order valence-electron chi connectivity index (χ4n) is 5.91. The summed E-state index contributed by atoms with van der Waals surface area (Å²) in [6, 6.07) is 6.80. The van der Waals surface area contributed by atoms with Gasteiger partial charge in [0, 0.05) is 35.2 Å². The third kappa shape index (κ3) is 4.85. The summed E-state index contributed by atoms with van der Waals surface area (Å²) in [6.07, 6.45) is 2.28. The first kappa shape index (κ1) is 27.8. The van der Waals surface area contributed by atoms with E-state index in [9.17, 15) is 14.7 Å². The molecule has 210 valence electrons. The van der Waals surface area contributed by atoms with Crippen molar-refractivity contribution in [2.24, 2.45) is 0 Å². The topological polar surface area (TPSA) is 89.0 Å². The van der Waals surface area contributed by atoms with Crippen molar-refractivity contribution in [3.63, 3.8) is 0 Å². The molecule has 0 saturated carbocycles. The molecule has 1 N–H and O–H groups in total. The number of pyridine rings is 1. The van der Waals surface area contributed by atoms with E-state index in [0.29, 0.717) is 65.2 Å². The Bertz CT molecular complexity index is 1520. The maximum atomic E-state index is 15.5. The molecule has 0 saturated heterocycles. The number of amides is 1. The molecule has 1 atom stereocenters. The van der Waals surface area contributed by atoms with Crippen molar-refractivity contribution in [2.75, 3.05) is 18.1 Å². The first-order valence-corrected chi connectivity index (χ1v) is 13.6. The fourth-order valence-corrected chi connectivity index (χ4v) is 5.91. The molecule has 1 amide bonds. The molecular formula is C32H35FN2O5. The van der Waals surface area contributed by atoms with Crippen LogP contribution in [0.15, 0.2) is 30.5 Å². The summed E-state index contributed by atoms with van der Waals surface area (Å²) >= 11 is 0. The van der Waals surface area contributed by atoms with Crippen molar-refractivity contribution in [3.8, 4) is 16.9 Å². The van der Waals surface area contributed by atoms with Crippen LogP contribution in [-0.2, 0) is 22.4 Å². The van der Waals surface area contributed by atoms with Gasteiger partial charge in [-0.1, -0.05) is 0 Å². The van der Waals surface area contributed by atoms with Crippen LogP contribution >= 0.6 is 0 Å². The Balaban J connectivity index is 1.79. The van der Waals surface area contributed by atoms with Crippen LogP contribution in [0.4, 0.5) is 10.1 Å². The Morgan fingerprint density at radius 3 is 2.58 bits per heavy atom. The highest BCUT2D eigenvalue weighted by Crippen LogP contribution is 2.47. The van der Waals surface area contributed by atoms with Gasteiger partial charge in [0.15, 0.2) is 17.7 Å². The molecule has 0 bridgehead atoms. The average molecular weight is 547 g/mol. The van der Waals surface area contributed by atoms with E-state index < -0.39 is 23.5 Å². The van der Waals surface area contributed by atoms with Crippen molar-refractivity contribution in [1.29, 1.82) is 0 Å². The quantitative estimate of drug-likeness (QED) is 0.405. The Morgan fingerprint density at radius 1 is 1.15 bits per heavy atom. The molecule has 1 aromatic heterocycles. The predicted octanol–water partition coefficient (Wildman–Crippen LogP) is 6.28. The van der Waals surface area contributed by atoms with Gasteiger partial charge in [0.1, 0.15) is 0 Å². The molecule has 0 aliphatic carbocycles. The number of aliphatic carboxylic acids is 1. The van der Waals surface area contributed by atoms with Gasteiger partial charge >= 0.3 is 5.97 Å². The molecular weight excluding hydrogens is 511 g/mol. The number of fused-ring (bicyclic) bond motifs is 2. The zero-order valence-electron chi connectivity index (χ0n) is 23.9. The summed E-state index contributed by atoms with van der Waals surface area (Å²) in [5.74, 6) is -1.51. The maximum absolute atomic E-state index is 15.5. The second kappa shape index (κ2) is 10.3. The van der Waals surface area contributed by atoms with E-state index in [1.807, 2.05) is 40.7 Å². The molecule has 3 aromatic rings. The van der Waals surface area contributed by atoms with E-state index in [-0.39, 0.29) is 11.7 Å². The number of nitrogens with zero attached hydrogens (tertiary/aromatic N) is 2. The number of benzene rings is 2. The normalized spacial score (nSPS) is 15.3. The summed E-state index contributed by atoms with van der Waals surface area (Å²) in [5, 5.41) is 10.4. The number of ether oxygens (including phenoxy) is 2. The third-order valence-corrected chi connectivity index (χ3v) is 7.68. The summed E-state index contributed by atoms with van der Waals surface area (Å²) in [5.41, 5.74) is 5.88. The van der Waals surface area contributed by atoms with Gasteiger partial charge in [0.05, 0.1) is 17.8 Å². The fraction of sp³-hybridized carbons (Fsp3) is 0.406. The molecule has 7 nitrogen and oxygen atoms in total. The number of anilines is 1. The minimum absolute atomic E-state index is 0.176. The average Bonchev–Trinajstić information content (AvgIpc) is 3.31. The van der Waals surface area contributed by atoms with Gasteiger partial charge in [0.2, 0.25) is 0 Å². The van der Waals surface area contributed by atoms with Crippen LogP contribution in [0, 0.1) is 26.6 Å². The van der Waals surface area contributed by atoms with Crippen molar-refractivity contribution < 1.29 is 28.6 Å². The van der Waals surface area contributed by atoms with E-state index in [1.54, 1.807) is 30.2 Å². The van der Waals surface area contributed by atoms with E-state index in [4.69, 9.17) is 9.47 Å². The van der Waals surface area contributed by atoms with Crippen molar-refractivity contribution in [1.82, 2.24) is 4.98 Å². The summed E-state index contributed by atoms with van der Waals surface area (Å²) < 4.78 is 27.3. The van der Waals surface area contributed by atoms with Crippen molar-refractivity contribution in [2.45, 2.75) is 72.5 Å². The number of carboxylic acids is 1. The number of halogens is 1. The highest BCUT2D eigenvalue weighted by molar-refractivity contribution is 6.09. The number of carbonyl (C=O) groups is 2. The van der Waals surface area contributed by atoms with Crippen LogP contribution in [0.1, 0.15) is 77.2 Å². The van der Waals surface area contributed by atoms with Crippen molar-refractivity contribution in [3.05, 3.63) is 75.4 Å². The zero-order valence-corrected chi connectivity index (χ0v) is 23.9. The van der Waals surface area contributed by atoms with Gasteiger partial charge in [-0.2, -0.15) is 0 Å². The number of hydrogen-bond acceptors (Lipinski definition) is 5. The minimum Gasteiger partial charge on any atom is -0.490 e. The molecule has 0 radical (unpaired) electrons. The summed E-state index contributed by atoms with van der Waals surface area (Å²) in [7, 11) is 0. The van der Waals surface area contributed by atoms with Crippen LogP contribution in [-0.4, -0.2) is 40.7 Å². The second-order valence-corrected chi connectivity index (χ2v) is 11.6. The molecule has 2 aromatic carbocycles. The Hall–Kier alpha value is -3.78. The van der Waals surface area contributed by atoms with E-state index in [0.717, 1.165) is 23.1 Å². The number of carboxylic acid groups (broad SMARTS) is 1. The Morgan fingerprint density at radius 2 is 1.90 bits per heavy atom. The first-order chi connectivity index (χ1) is 18.9. The van der Waals surface area contributed by atoms with Gasteiger partial charge in [-0.25, -0.2) is 9.18 Å². The van der Waals surface area contributed by atoms with Crippen LogP contribution in [0.5, 0.6) is 5.75 Å². The van der Waals surface area contributed by atoms with E-state index >= 15 is 4.39 Å². The largest absolute Gasteiger partial charge is 0.490 e. The lowest BCUT2D eigenvalue weighted by Crippen LogP contribution is -2.30. The van der Waals surface area contributed by atoms with Crippen LogP contribution in [0.25, 0.3) is 11.1 Å². The number of carbonyl (C=O) groups excluding carboxylic acids is 1.